The minimum atomic E-state index is -4.44. The van der Waals surface area contributed by atoms with Gasteiger partial charge in [0.15, 0.2) is 0 Å². The molecule has 7 heteroatoms. The predicted octanol–water partition coefficient (Wildman–Crippen LogP) is 1.79. The number of hydrogen-bond acceptors (Lipinski definition) is 2. The van der Waals surface area contributed by atoms with Gasteiger partial charge < -0.3 is 9.88 Å². The molecule has 4 nitrogen and oxygen atoms in total. The van der Waals surface area contributed by atoms with Crippen molar-refractivity contribution in [3.05, 3.63) is 34.2 Å². The van der Waals surface area contributed by atoms with Crippen LogP contribution in [-0.4, -0.2) is 35.1 Å². The smallest absolute Gasteiger partial charge is 0.330 e. The standard InChI is InChI=1S/C11H13F3N2O2/c1-2-5-16(7-11(12,13)14)10(18)8-3-4-9(17)15-6-8/h3-4,6H,2,5,7H2,1H3,(H,15,17). The van der Waals surface area contributed by atoms with Gasteiger partial charge in [0.1, 0.15) is 6.54 Å². The van der Waals surface area contributed by atoms with E-state index < -0.39 is 24.2 Å². The minimum Gasteiger partial charge on any atom is -0.330 e. The van der Waals surface area contributed by atoms with Crippen molar-refractivity contribution in [2.75, 3.05) is 13.1 Å². The lowest BCUT2D eigenvalue weighted by atomic mass is 10.2. The minimum absolute atomic E-state index is 0.0114. The molecule has 0 saturated heterocycles. The van der Waals surface area contributed by atoms with E-state index >= 15 is 0 Å². The van der Waals surface area contributed by atoms with E-state index in [-0.39, 0.29) is 12.1 Å². The molecule has 100 valence electrons. The summed E-state index contributed by atoms with van der Waals surface area (Å²) in [5.41, 5.74) is -0.378. The Morgan fingerprint density at radius 1 is 1.39 bits per heavy atom. The Hall–Kier alpha value is -1.79. The third kappa shape index (κ3) is 4.23. The fourth-order valence-electron chi connectivity index (χ4n) is 1.46. The average molecular weight is 262 g/mol. The number of halogens is 3. The van der Waals surface area contributed by atoms with Crippen molar-refractivity contribution >= 4 is 5.91 Å². The van der Waals surface area contributed by atoms with Crippen molar-refractivity contribution < 1.29 is 18.0 Å². The van der Waals surface area contributed by atoms with Crippen LogP contribution in [0, 0.1) is 0 Å². The predicted molar refractivity (Wildman–Crippen MR) is 59.3 cm³/mol. The molecule has 0 bridgehead atoms. The average Bonchev–Trinajstić information content (AvgIpc) is 2.27. The van der Waals surface area contributed by atoms with Gasteiger partial charge in [-0.3, -0.25) is 9.59 Å². The van der Waals surface area contributed by atoms with E-state index in [1.54, 1.807) is 6.92 Å². The van der Waals surface area contributed by atoms with Crippen molar-refractivity contribution in [3.8, 4) is 0 Å². The molecule has 0 aromatic carbocycles. The highest BCUT2D eigenvalue weighted by Crippen LogP contribution is 2.18. The summed E-state index contributed by atoms with van der Waals surface area (Å²) in [4.78, 5) is 25.6. The topological polar surface area (TPSA) is 53.2 Å². The lowest BCUT2D eigenvalue weighted by Gasteiger charge is -2.23. The molecule has 0 aliphatic heterocycles. The monoisotopic (exact) mass is 262 g/mol. The normalized spacial score (nSPS) is 11.3. The first kappa shape index (κ1) is 14.3. The number of amides is 1. The highest BCUT2D eigenvalue weighted by Gasteiger charge is 2.32. The summed E-state index contributed by atoms with van der Waals surface area (Å²) in [6.07, 6.45) is -2.90. The number of rotatable bonds is 4. The highest BCUT2D eigenvalue weighted by molar-refractivity contribution is 5.93. The molecule has 1 N–H and O–H groups in total. The maximum atomic E-state index is 12.3. The van der Waals surface area contributed by atoms with Gasteiger partial charge in [-0.15, -0.1) is 0 Å². The number of aromatic nitrogens is 1. The summed E-state index contributed by atoms with van der Waals surface area (Å²) < 4.78 is 37.0. The van der Waals surface area contributed by atoms with Crippen LogP contribution in [0.5, 0.6) is 0 Å². The second kappa shape index (κ2) is 5.70. The third-order valence-corrected chi connectivity index (χ3v) is 2.18. The molecule has 0 aliphatic rings. The zero-order chi connectivity index (χ0) is 13.8. The lowest BCUT2D eigenvalue weighted by molar-refractivity contribution is -0.140. The summed E-state index contributed by atoms with van der Waals surface area (Å²) in [6.45, 7) is 0.403. The first-order valence-electron chi connectivity index (χ1n) is 5.38. The number of nitrogens with zero attached hydrogens (tertiary/aromatic N) is 1. The molecular formula is C11H13F3N2O2. The molecule has 0 atom stereocenters. The summed E-state index contributed by atoms with van der Waals surface area (Å²) in [5, 5.41) is 0. The molecule has 0 radical (unpaired) electrons. The summed E-state index contributed by atoms with van der Waals surface area (Å²) in [5.74, 6) is -0.745. The van der Waals surface area contributed by atoms with Gasteiger partial charge in [-0.05, 0) is 12.5 Å². The Bertz CT molecular complexity index is 448. The van der Waals surface area contributed by atoms with E-state index in [2.05, 4.69) is 4.98 Å². The fraction of sp³-hybridized carbons (Fsp3) is 0.455. The fourth-order valence-corrected chi connectivity index (χ4v) is 1.46. The Kier molecular flexibility index (Phi) is 4.52. The first-order valence-corrected chi connectivity index (χ1v) is 5.38. The molecule has 0 spiro atoms. The number of hydrogen-bond donors (Lipinski definition) is 1. The molecule has 1 aromatic rings. The Morgan fingerprint density at radius 2 is 2.06 bits per heavy atom. The Balaban J connectivity index is 2.88. The van der Waals surface area contributed by atoms with E-state index in [0.29, 0.717) is 11.3 Å². The van der Waals surface area contributed by atoms with Crippen LogP contribution < -0.4 is 5.56 Å². The maximum absolute atomic E-state index is 12.3. The van der Waals surface area contributed by atoms with Gasteiger partial charge in [-0.1, -0.05) is 6.92 Å². The van der Waals surface area contributed by atoms with Gasteiger partial charge in [0.25, 0.3) is 5.91 Å². The second-order valence-electron chi connectivity index (χ2n) is 3.78. The van der Waals surface area contributed by atoms with Crippen molar-refractivity contribution in [2.45, 2.75) is 19.5 Å². The number of carbonyl (C=O) groups excluding carboxylic acids is 1. The quantitative estimate of drug-likeness (QED) is 0.899. The van der Waals surface area contributed by atoms with Gasteiger partial charge in [0, 0.05) is 18.8 Å². The van der Waals surface area contributed by atoms with Crippen LogP contribution in [0.3, 0.4) is 0 Å². The number of alkyl halides is 3. The third-order valence-electron chi connectivity index (χ3n) is 2.18. The maximum Gasteiger partial charge on any atom is 0.406 e. The van der Waals surface area contributed by atoms with Crippen LogP contribution in [-0.2, 0) is 0 Å². The Labute approximate surface area is 101 Å². The van der Waals surface area contributed by atoms with Crippen LogP contribution in [0.1, 0.15) is 23.7 Å². The van der Waals surface area contributed by atoms with E-state index in [4.69, 9.17) is 0 Å². The van der Waals surface area contributed by atoms with Crippen LogP contribution in [0.15, 0.2) is 23.1 Å². The Morgan fingerprint density at radius 3 is 2.50 bits per heavy atom. The molecule has 0 saturated carbocycles. The van der Waals surface area contributed by atoms with Crippen molar-refractivity contribution in [3.63, 3.8) is 0 Å². The van der Waals surface area contributed by atoms with Gasteiger partial charge in [-0.25, -0.2) is 0 Å². The molecule has 1 heterocycles. The van der Waals surface area contributed by atoms with E-state index in [0.717, 1.165) is 12.3 Å². The summed E-state index contributed by atoms with van der Waals surface area (Å²) in [7, 11) is 0. The molecule has 0 unspecified atom stereocenters. The molecule has 0 fully saturated rings. The van der Waals surface area contributed by atoms with Crippen LogP contribution >= 0.6 is 0 Å². The number of aromatic amines is 1. The summed E-state index contributed by atoms with van der Waals surface area (Å²) >= 11 is 0. The van der Waals surface area contributed by atoms with E-state index in [1.165, 1.54) is 6.07 Å². The molecule has 1 rings (SSSR count). The second-order valence-corrected chi connectivity index (χ2v) is 3.78. The van der Waals surface area contributed by atoms with Crippen molar-refractivity contribution in [2.24, 2.45) is 0 Å². The summed E-state index contributed by atoms with van der Waals surface area (Å²) in [6, 6.07) is 2.31. The van der Waals surface area contributed by atoms with Gasteiger partial charge in [-0.2, -0.15) is 13.2 Å². The molecule has 1 amide bonds. The SMILES string of the molecule is CCCN(CC(F)(F)F)C(=O)c1ccc(=O)[nH]c1. The highest BCUT2D eigenvalue weighted by atomic mass is 19.4. The van der Waals surface area contributed by atoms with E-state index in [9.17, 15) is 22.8 Å². The molecule has 0 aliphatic carbocycles. The van der Waals surface area contributed by atoms with Gasteiger partial charge >= 0.3 is 6.18 Å². The number of pyridine rings is 1. The largest absolute Gasteiger partial charge is 0.406 e. The molecule has 1 aromatic heterocycles. The zero-order valence-corrected chi connectivity index (χ0v) is 9.75. The first-order chi connectivity index (χ1) is 8.33. The lowest BCUT2D eigenvalue weighted by Crippen LogP contribution is -2.39. The number of H-pyrrole nitrogens is 1. The number of nitrogens with one attached hydrogen (secondary N) is 1. The van der Waals surface area contributed by atoms with Crippen molar-refractivity contribution in [1.82, 2.24) is 9.88 Å². The molecular weight excluding hydrogens is 249 g/mol. The van der Waals surface area contributed by atoms with Crippen LogP contribution in [0.25, 0.3) is 0 Å². The van der Waals surface area contributed by atoms with Gasteiger partial charge in [0.2, 0.25) is 5.56 Å². The van der Waals surface area contributed by atoms with Crippen LogP contribution in [0.2, 0.25) is 0 Å². The zero-order valence-electron chi connectivity index (χ0n) is 9.75. The molecule has 18 heavy (non-hydrogen) atoms. The van der Waals surface area contributed by atoms with Crippen LogP contribution in [0.4, 0.5) is 13.2 Å². The van der Waals surface area contributed by atoms with Crippen molar-refractivity contribution in [1.29, 1.82) is 0 Å². The van der Waals surface area contributed by atoms with Gasteiger partial charge in [0.05, 0.1) is 5.56 Å². The van der Waals surface area contributed by atoms with E-state index in [1.807, 2.05) is 0 Å². The number of carbonyl (C=O) groups is 1.